The number of rotatable bonds is 9. The highest BCUT2D eigenvalue weighted by molar-refractivity contribution is 6.35. The van der Waals surface area contributed by atoms with Crippen molar-refractivity contribution in [3.63, 3.8) is 0 Å². The standard InChI is InChI=1S/C31H37Cl2N7O4/c1-34-31(41)43-18-21-2-4-38(5-3-21)17-22-10-28(23-12-24(32)14-25(33)13-23)37-29(11-22)44-27-15-35-30(36-16-27)40-8-6-39(7-9-40)26-19-42-20-26/h10-16,21,26H,2-9,17-20H2,1H3,(H,34,41). The molecule has 234 valence electrons. The number of hydrogen-bond donors (Lipinski definition) is 1. The summed E-state index contributed by atoms with van der Waals surface area (Å²) >= 11 is 12.7. The summed E-state index contributed by atoms with van der Waals surface area (Å²) in [5, 5.41) is 3.57. The lowest BCUT2D eigenvalue weighted by Gasteiger charge is -2.42. The van der Waals surface area contributed by atoms with Gasteiger partial charge in [0.15, 0.2) is 5.75 Å². The van der Waals surface area contributed by atoms with Crippen molar-refractivity contribution in [2.45, 2.75) is 25.4 Å². The monoisotopic (exact) mass is 641 g/mol. The number of pyridine rings is 1. The molecule has 3 aliphatic heterocycles. The lowest BCUT2D eigenvalue weighted by Crippen LogP contribution is -2.56. The molecule has 0 saturated carbocycles. The summed E-state index contributed by atoms with van der Waals surface area (Å²) in [5.41, 5.74) is 2.56. The molecule has 3 aliphatic rings. The van der Waals surface area contributed by atoms with Crippen molar-refractivity contribution in [2.75, 3.05) is 71.0 Å². The average molecular weight is 643 g/mol. The predicted octanol–water partition coefficient (Wildman–Crippen LogP) is 4.73. The molecular weight excluding hydrogens is 605 g/mol. The third-order valence-electron chi connectivity index (χ3n) is 8.36. The number of alkyl carbamates (subject to hydrolysis) is 1. The second-order valence-corrected chi connectivity index (χ2v) is 12.3. The Labute approximate surface area is 267 Å². The van der Waals surface area contributed by atoms with E-state index in [1.807, 2.05) is 24.3 Å². The molecule has 3 saturated heterocycles. The molecule has 1 amide bonds. The second-order valence-electron chi connectivity index (χ2n) is 11.5. The van der Waals surface area contributed by atoms with Crippen molar-refractivity contribution in [3.05, 3.63) is 58.3 Å². The Morgan fingerprint density at radius 3 is 2.32 bits per heavy atom. The third-order valence-corrected chi connectivity index (χ3v) is 8.79. The zero-order chi connectivity index (χ0) is 30.5. The zero-order valence-corrected chi connectivity index (χ0v) is 26.3. The number of ether oxygens (including phenoxy) is 3. The summed E-state index contributed by atoms with van der Waals surface area (Å²) in [5.74, 6) is 2.00. The minimum Gasteiger partial charge on any atom is -0.449 e. The van der Waals surface area contributed by atoms with Crippen LogP contribution in [0.5, 0.6) is 11.6 Å². The second kappa shape index (κ2) is 14.3. The molecule has 11 nitrogen and oxygen atoms in total. The van der Waals surface area contributed by atoms with Gasteiger partial charge in [0, 0.05) is 61.4 Å². The van der Waals surface area contributed by atoms with Crippen LogP contribution in [0.4, 0.5) is 10.7 Å². The zero-order valence-electron chi connectivity index (χ0n) is 24.8. The minimum atomic E-state index is -0.386. The van der Waals surface area contributed by atoms with Gasteiger partial charge in [-0.3, -0.25) is 9.80 Å². The number of piperidine rings is 1. The van der Waals surface area contributed by atoms with Gasteiger partial charge in [-0.2, -0.15) is 0 Å². The maximum atomic E-state index is 11.5. The Hall–Kier alpha value is -3.22. The van der Waals surface area contributed by atoms with Crippen molar-refractivity contribution in [1.29, 1.82) is 0 Å². The van der Waals surface area contributed by atoms with Gasteiger partial charge in [0.05, 0.1) is 44.0 Å². The van der Waals surface area contributed by atoms with Gasteiger partial charge in [-0.1, -0.05) is 23.2 Å². The molecule has 2 aromatic heterocycles. The van der Waals surface area contributed by atoms with Crippen LogP contribution in [0.25, 0.3) is 11.3 Å². The number of likely N-dealkylation sites (tertiary alicyclic amines) is 1. The molecule has 0 atom stereocenters. The lowest BCUT2D eigenvalue weighted by molar-refractivity contribution is -0.0661. The fraction of sp³-hybridized carbons (Fsp3) is 0.484. The van der Waals surface area contributed by atoms with Crippen LogP contribution < -0.4 is 15.0 Å². The fourth-order valence-corrected chi connectivity index (χ4v) is 6.28. The molecular formula is C31H37Cl2N7O4. The van der Waals surface area contributed by atoms with Gasteiger partial charge in [-0.25, -0.2) is 19.7 Å². The molecule has 0 spiro atoms. The van der Waals surface area contributed by atoms with Crippen LogP contribution in [0, 0.1) is 5.92 Å². The Balaban J connectivity index is 1.13. The van der Waals surface area contributed by atoms with E-state index in [0.717, 1.165) is 83.0 Å². The van der Waals surface area contributed by atoms with Gasteiger partial charge in [0.2, 0.25) is 11.8 Å². The molecule has 1 N–H and O–H groups in total. The van der Waals surface area contributed by atoms with Crippen molar-refractivity contribution in [2.24, 2.45) is 5.92 Å². The third kappa shape index (κ3) is 7.89. The summed E-state index contributed by atoms with van der Waals surface area (Å²) in [6.07, 6.45) is 4.92. The molecule has 0 aliphatic carbocycles. The number of aromatic nitrogens is 3. The molecule has 0 radical (unpaired) electrons. The lowest BCUT2D eigenvalue weighted by atomic mass is 9.97. The number of hydrogen-bond acceptors (Lipinski definition) is 10. The number of piperazine rings is 1. The Bertz CT molecular complexity index is 1410. The smallest absolute Gasteiger partial charge is 0.406 e. The van der Waals surface area contributed by atoms with Crippen molar-refractivity contribution in [1.82, 2.24) is 30.1 Å². The fourth-order valence-electron chi connectivity index (χ4n) is 5.75. The van der Waals surface area contributed by atoms with Crippen molar-refractivity contribution in [3.8, 4) is 22.9 Å². The Morgan fingerprint density at radius 2 is 1.68 bits per heavy atom. The summed E-state index contributed by atoms with van der Waals surface area (Å²) in [4.78, 5) is 32.5. The van der Waals surface area contributed by atoms with Gasteiger partial charge in [0.1, 0.15) is 0 Å². The van der Waals surface area contributed by atoms with E-state index >= 15 is 0 Å². The van der Waals surface area contributed by atoms with Gasteiger partial charge >= 0.3 is 6.09 Å². The number of amides is 1. The minimum absolute atomic E-state index is 0.355. The Morgan fingerprint density at radius 1 is 0.977 bits per heavy atom. The van der Waals surface area contributed by atoms with E-state index in [9.17, 15) is 4.79 Å². The highest BCUT2D eigenvalue weighted by Crippen LogP contribution is 2.31. The summed E-state index contributed by atoms with van der Waals surface area (Å²) < 4.78 is 16.8. The van der Waals surface area contributed by atoms with E-state index < -0.39 is 0 Å². The summed E-state index contributed by atoms with van der Waals surface area (Å²) in [7, 11) is 1.57. The molecule has 0 bridgehead atoms. The van der Waals surface area contributed by atoms with Crippen molar-refractivity contribution >= 4 is 35.2 Å². The Kier molecular flexibility index (Phi) is 9.98. The van der Waals surface area contributed by atoms with E-state index in [4.69, 9.17) is 42.4 Å². The van der Waals surface area contributed by atoms with Gasteiger partial charge < -0.3 is 24.4 Å². The van der Waals surface area contributed by atoms with Gasteiger partial charge in [-0.15, -0.1) is 0 Å². The van der Waals surface area contributed by atoms with E-state index in [1.54, 1.807) is 25.5 Å². The first-order chi connectivity index (χ1) is 21.4. The summed E-state index contributed by atoms with van der Waals surface area (Å²) in [6, 6.07) is 9.94. The van der Waals surface area contributed by atoms with Crippen LogP contribution >= 0.6 is 23.2 Å². The average Bonchev–Trinajstić information content (AvgIpc) is 3.00. The summed E-state index contributed by atoms with van der Waals surface area (Å²) in [6.45, 7) is 8.33. The quantitative estimate of drug-likeness (QED) is 0.353. The van der Waals surface area contributed by atoms with E-state index in [2.05, 4.69) is 30.0 Å². The highest BCUT2D eigenvalue weighted by atomic mass is 35.5. The number of halogens is 2. The van der Waals surface area contributed by atoms with Gasteiger partial charge in [-0.05, 0) is 61.7 Å². The number of anilines is 1. The van der Waals surface area contributed by atoms with Crippen LogP contribution in [0.3, 0.4) is 0 Å². The molecule has 5 heterocycles. The first kappa shape index (κ1) is 30.8. The van der Waals surface area contributed by atoms with Crippen molar-refractivity contribution < 1.29 is 19.0 Å². The van der Waals surface area contributed by atoms with Gasteiger partial charge in [0.25, 0.3) is 0 Å². The number of nitrogens with zero attached hydrogens (tertiary/aromatic N) is 6. The molecule has 3 aromatic rings. The SMILES string of the molecule is CNC(=O)OCC1CCN(Cc2cc(Oc3cnc(N4CCN(C5COC5)CC4)nc3)nc(-c3cc(Cl)cc(Cl)c3)c2)CC1. The maximum absolute atomic E-state index is 11.5. The van der Waals surface area contributed by atoms with Crippen LogP contribution in [-0.4, -0.2) is 103 Å². The molecule has 3 fully saturated rings. The first-order valence-electron chi connectivity index (χ1n) is 15.0. The first-order valence-corrected chi connectivity index (χ1v) is 15.8. The van der Waals surface area contributed by atoms with E-state index in [1.165, 1.54) is 0 Å². The van der Waals surface area contributed by atoms with Crippen LogP contribution in [0.1, 0.15) is 18.4 Å². The molecule has 13 heteroatoms. The van der Waals surface area contributed by atoms with Crippen LogP contribution in [0.15, 0.2) is 42.7 Å². The topological polar surface area (TPSA) is 105 Å². The highest BCUT2D eigenvalue weighted by Gasteiger charge is 2.29. The van der Waals surface area contributed by atoms with E-state index in [-0.39, 0.29) is 6.09 Å². The number of nitrogens with one attached hydrogen (secondary N) is 1. The molecule has 6 rings (SSSR count). The molecule has 1 aromatic carbocycles. The number of benzene rings is 1. The molecule has 44 heavy (non-hydrogen) atoms. The number of carbonyl (C=O) groups is 1. The van der Waals surface area contributed by atoms with Crippen LogP contribution in [0.2, 0.25) is 10.0 Å². The normalized spacial score (nSPS) is 18.6. The number of carbonyl (C=O) groups excluding carboxylic acids is 1. The predicted molar refractivity (Wildman–Crippen MR) is 169 cm³/mol. The van der Waals surface area contributed by atoms with E-state index in [0.29, 0.717) is 51.9 Å². The van der Waals surface area contributed by atoms with Crippen LogP contribution in [-0.2, 0) is 16.0 Å². The maximum Gasteiger partial charge on any atom is 0.406 e. The largest absolute Gasteiger partial charge is 0.449 e. The molecule has 0 unspecified atom stereocenters.